The van der Waals surface area contributed by atoms with Gasteiger partial charge < -0.3 is 5.32 Å². The molecule has 5 heteroatoms. The van der Waals surface area contributed by atoms with Crippen molar-refractivity contribution in [2.24, 2.45) is 0 Å². The Morgan fingerprint density at radius 1 is 1.47 bits per heavy atom. The Kier molecular flexibility index (Phi) is 4.27. The van der Waals surface area contributed by atoms with Crippen molar-refractivity contribution in [3.63, 3.8) is 0 Å². The summed E-state index contributed by atoms with van der Waals surface area (Å²) in [5, 5.41) is 5.25. The number of nitrogens with one attached hydrogen (secondary N) is 1. The van der Waals surface area contributed by atoms with Crippen LogP contribution in [0, 0.1) is 5.82 Å². The molecule has 1 N–H and O–H groups in total. The molecular formula is C14H15FN2OS. The van der Waals surface area contributed by atoms with Crippen LogP contribution in [-0.2, 0) is 11.2 Å². The third-order valence-corrected chi connectivity index (χ3v) is 3.39. The number of amides is 1. The maximum absolute atomic E-state index is 13.0. The van der Waals surface area contributed by atoms with Crippen molar-refractivity contribution in [1.82, 2.24) is 4.98 Å². The Morgan fingerprint density at radius 2 is 2.26 bits per heavy atom. The van der Waals surface area contributed by atoms with E-state index in [-0.39, 0.29) is 18.1 Å². The van der Waals surface area contributed by atoms with E-state index in [0.717, 1.165) is 5.69 Å². The molecule has 0 bridgehead atoms. The number of anilines is 1. The Labute approximate surface area is 115 Å². The van der Waals surface area contributed by atoms with Gasteiger partial charge in [-0.15, -0.1) is 11.3 Å². The van der Waals surface area contributed by atoms with Crippen molar-refractivity contribution in [3.8, 4) is 0 Å². The highest BCUT2D eigenvalue weighted by atomic mass is 32.1. The van der Waals surface area contributed by atoms with E-state index in [2.05, 4.69) is 10.3 Å². The third kappa shape index (κ3) is 3.86. The van der Waals surface area contributed by atoms with Crippen molar-refractivity contribution in [3.05, 3.63) is 46.7 Å². The quantitative estimate of drug-likeness (QED) is 0.928. The fourth-order valence-corrected chi connectivity index (χ4v) is 2.49. The fraction of sp³-hybridized carbons (Fsp3) is 0.286. The number of carbonyl (C=O) groups is 1. The van der Waals surface area contributed by atoms with E-state index in [9.17, 15) is 9.18 Å². The summed E-state index contributed by atoms with van der Waals surface area (Å²) in [7, 11) is 0. The number of hydrogen-bond acceptors (Lipinski definition) is 3. The molecule has 2 rings (SSSR count). The molecule has 0 aliphatic carbocycles. The number of rotatable bonds is 4. The molecule has 1 aromatic carbocycles. The first-order valence-corrected chi connectivity index (χ1v) is 6.92. The first kappa shape index (κ1) is 13.7. The molecule has 3 nitrogen and oxygen atoms in total. The second kappa shape index (κ2) is 5.93. The molecule has 0 saturated heterocycles. The molecule has 0 fully saturated rings. The summed E-state index contributed by atoms with van der Waals surface area (Å²) in [6.45, 7) is 4.10. The number of benzene rings is 1. The summed E-state index contributed by atoms with van der Waals surface area (Å²) >= 11 is 1.40. The standard InChI is InChI=1S/C14H15FN2OS/c1-9(2)12-8-19-14(16-12)17-13(18)7-10-4-3-5-11(15)6-10/h3-6,8-9H,7H2,1-2H3,(H,16,17,18). The van der Waals surface area contributed by atoms with Crippen LogP contribution in [0.15, 0.2) is 29.6 Å². The zero-order valence-corrected chi connectivity index (χ0v) is 11.6. The van der Waals surface area contributed by atoms with E-state index in [1.807, 2.05) is 19.2 Å². The normalized spacial score (nSPS) is 10.7. The summed E-state index contributed by atoms with van der Waals surface area (Å²) in [6.07, 6.45) is 0.147. The molecule has 1 aromatic heterocycles. The van der Waals surface area contributed by atoms with Crippen LogP contribution in [0.1, 0.15) is 31.0 Å². The molecule has 0 unspecified atom stereocenters. The highest BCUT2D eigenvalue weighted by Crippen LogP contribution is 2.21. The Hall–Kier alpha value is -1.75. The fourth-order valence-electron chi connectivity index (χ4n) is 1.60. The number of aromatic nitrogens is 1. The van der Waals surface area contributed by atoms with E-state index in [4.69, 9.17) is 0 Å². The van der Waals surface area contributed by atoms with E-state index >= 15 is 0 Å². The number of carbonyl (C=O) groups excluding carboxylic acids is 1. The van der Waals surface area contributed by atoms with Crippen LogP contribution in [0.25, 0.3) is 0 Å². The summed E-state index contributed by atoms with van der Waals surface area (Å²) < 4.78 is 13.0. The monoisotopic (exact) mass is 278 g/mol. The summed E-state index contributed by atoms with van der Waals surface area (Å²) in [5.41, 5.74) is 1.61. The maximum Gasteiger partial charge on any atom is 0.230 e. The average molecular weight is 278 g/mol. The van der Waals surface area contributed by atoms with Gasteiger partial charge in [-0.05, 0) is 23.6 Å². The second-order valence-electron chi connectivity index (χ2n) is 4.59. The molecule has 2 aromatic rings. The van der Waals surface area contributed by atoms with Crippen LogP contribution >= 0.6 is 11.3 Å². The molecule has 0 aliphatic rings. The van der Waals surface area contributed by atoms with E-state index in [1.54, 1.807) is 12.1 Å². The van der Waals surface area contributed by atoms with Gasteiger partial charge in [0, 0.05) is 5.38 Å². The van der Waals surface area contributed by atoms with Crippen LogP contribution in [0.3, 0.4) is 0 Å². The predicted octanol–water partition coefficient (Wildman–Crippen LogP) is 3.59. The minimum absolute atomic E-state index is 0.147. The number of hydrogen-bond donors (Lipinski definition) is 1. The number of halogens is 1. The lowest BCUT2D eigenvalue weighted by Gasteiger charge is -2.02. The van der Waals surface area contributed by atoms with Crippen LogP contribution < -0.4 is 5.32 Å². The lowest BCUT2D eigenvalue weighted by atomic mass is 10.1. The lowest BCUT2D eigenvalue weighted by molar-refractivity contribution is -0.115. The van der Waals surface area contributed by atoms with Crippen molar-refractivity contribution >= 4 is 22.4 Å². The van der Waals surface area contributed by atoms with Crippen LogP contribution in [0.5, 0.6) is 0 Å². The summed E-state index contributed by atoms with van der Waals surface area (Å²) in [4.78, 5) is 16.1. The number of thiazole rings is 1. The Balaban J connectivity index is 1.97. The van der Waals surface area contributed by atoms with Crippen molar-refractivity contribution in [2.45, 2.75) is 26.2 Å². The van der Waals surface area contributed by atoms with Gasteiger partial charge in [0.05, 0.1) is 12.1 Å². The molecule has 1 amide bonds. The first-order chi connectivity index (χ1) is 9.04. The molecular weight excluding hydrogens is 263 g/mol. The lowest BCUT2D eigenvalue weighted by Crippen LogP contribution is -2.14. The number of nitrogens with zero attached hydrogens (tertiary/aromatic N) is 1. The molecule has 0 aliphatic heterocycles. The van der Waals surface area contributed by atoms with Gasteiger partial charge in [-0.2, -0.15) is 0 Å². The SMILES string of the molecule is CC(C)c1csc(NC(=O)Cc2cccc(F)c2)n1. The summed E-state index contributed by atoms with van der Waals surface area (Å²) in [6, 6.07) is 6.04. The highest BCUT2D eigenvalue weighted by Gasteiger charge is 2.09. The Bertz CT molecular complexity index is 580. The molecule has 0 radical (unpaired) electrons. The van der Waals surface area contributed by atoms with Crippen molar-refractivity contribution < 1.29 is 9.18 Å². The van der Waals surface area contributed by atoms with Crippen LogP contribution in [0.2, 0.25) is 0 Å². The van der Waals surface area contributed by atoms with Gasteiger partial charge in [0.1, 0.15) is 5.82 Å². The van der Waals surface area contributed by atoms with Gasteiger partial charge in [0.15, 0.2) is 5.13 Å². The molecule has 1 heterocycles. The van der Waals surface area contributed by atoms with Gasteiger partial charge in [-0.25, -0.2) is 9.37 Å². The molecule has 100 valence electrons. The second-order valence-corrected chi connectivity index (χ2v) is 5.45. The molecule has 19 heavy (non-hydrogen) atoms. The minimum Gasteiger partial charge on any atom is -0.302 e. The molecule has 0 spiro atoms. The van der Waals surface area contributed by atoms with E-state index < -0.39 is 0 Å². The van der Waals surface area contributed by atoms with Gasteiger partial charge in [-0.1, -0.05) is 26.0 Å². The zero-order chi connectivity index (χ0) is 13.8. The smallest absolute Gasteiger partial charge is 0.230 e. The zero-order valence-electron chi connectivity index (χ0n) is 10.8. The van der Waals surface area contributed by atoms with Crippen LogP contribution in [-0.4, -0.2) is 10.9 Å². The highest BCUT2D eigenvalue weighted by molar-refractivity contribution is 7.13. The van der Waals surface area contributed by atoms with Gasteiger partial charge in [-0.3, -0.25) is 4.79 Å². The van der Waals surface area contributed by atoms with E-state index in [1.165, 1.54) is 23.5 Å². The minimum atomic E-state index is -0.332. The summed E-state index contributed by atoms with van der Waals surface area (Å²) in [5.74, 6) is -0.179. The Morgan fingerprint density at radius 3 is 2.89 bits per heavy atom. The average Bonchev–Trinajstić information content (AvgIpc) is 2.77. The molecule has 0 atom stereocenters. The predicted molar refractivity (Wildman–Crippen MR) is 74.9 cm³/mol. The van der Waals surface area contributed by atoms with Gasteiger partial charge >= 0.3 is 0 Å². The van der Waals surface area contributed by atoms with Gasteiger partial charge in [0.2, 0.25) is 5.91 Å². The van der Waals surface area contributed by atoms with Crippen molar-refractivity contribution in [2.75, 3.05) is 5.32 Å². The van der Waals surface area contributed by atoms with Crippen molar-refractivity contribution in [1.29, 1.82) is 0 Å². The largest absolute Gasteiger partial charge is 0.302 e. The molecule has 0 saturated carbocycles. The van der Waals surface area contributed by atoms with Gasteiger partial charge in [0.25, 0.3) is 0 Å². The first-order valence-electron chi connectivity index (χ1n) is 6.04. The maximum atomic E-state index is 13.0. The van der Waals surface area contributed by atoms with E-state index in [0.29, 0.717) is 16.6 Å². The topological polar surface area (TPSA) is 42.0 Å². The van der Waals surface area contributed by atoms with Crippen LogP contribution in [0.4, 0.5) is 9.52 Å². The third-order valence-electron chi connectivity index (χ3n) is 2.61.